The average molecular weight is 783 g/mol. The van der Waals surface area contributed by atoms with Crippen LogP contribution >= 0.6 is 11.3 Å². The fourth-order valence-electron chi connectivity index (χ4n) is 8.82. The molecule has 0 N–H and O–H groups in total. The minimum atomic E-state index is 0.691. The van der Waals surface area contributed by atoms with E-state index in [4.69, 9.17) is 15.0 Å². The van der Waals surface area contributed by atoms with Crippen molar-refractivity contribution in [2.24, 2.45) is 0 Å². The zero-order valence-corrected chi connectivity index (χ0v) is 33.1. The van der Waals surface area contributed by atoms with E-state index < -0.39 is 0 Å². The maximum Gasteiger partial charge on any atom is 0.160 e. The number of para-hydroxylation sites is 2. The largest absolute Gasteiger partial charge is 0.309 e. The normalized spacial score (nSPS) is 11.7. The van der Waals surface area contributed by atoms with Crippen molar-refractivity contribution < 1.29 is 0 Å². The Morgan fingerprint density at radius 1 is 0.383 bits per heavy atom. The third kappa shape index (κ3) is 5.63. The summed E-state index contributed by atoms with van der Waals surface area (Å²) in [5.74, 6) is 0.691. The van der Waals surface area contributed by atoms with Gasteiger partial charge in [-0.3, -0.25) is 0 Å². The van der Waals surface area contributed by atoms with E-state index in [1.165, 1.54) is 58.5 Å². The standard InChI is InChI=1S/C55H34N4S/c1-3-14-35(15-4-1)41-21-13-22-45-51(41)52-44-20-9-12-25-50(44)60-54(52)53(56-45)38-28-26-36(27-29-38)46-34-47(58-55(57-46)39-16-5-2-6-17-39)37-30-32-40(33-31-37)59-48-23-10-7-18-42(48)43-19-8-11-24-49(43)59/h1-34H. The summed E-state index contributed by atoms with van der Waals surface area (Å²) in [5, 5.41) is 6.21. The van der Waals surface area contributed by atoms with Crippen LogP contribution < -0.4 is 0 Å². The molecule has 0 aliphatic carbocycles. The van der Waals surface area contributed by atoms with Gasteiger partial charge in [-0.05, 0) is 53.6 Å². The van der Waals surface area contributed by atoms with E-state index in [9.17, 15) is 0 Å². The van der Waals surface area contributed by atoms with Gasteiger partial charge in [0.15, 0.2) is 5.82 Å². The van der Waals surface area contributed by atoms with Gasteiger partial charge in [-0.1, -0.05) is 164 Å². The van der Waals surface area contributed by atoms with Gasteiger partial charge in [-0.25, -0.2) is 15.0 Å². The average Bonchev–Trinajstić information content (AvgIpc) is 3.88. The summed E-state index contributed by atoms with van der Waals surface area (Å²) in [6.07, 6.45) is 0. The van der Waals surface area contributed by atoms with Gasteiger partial charge in [0.25, 0.3) is 0 Å². The number of hydrogen-bond acceptors (Lipinski definition) is 4. The van der Waals surface area contributed by atoms with E-state index in [0.717, 1.165) is 50.5 Å². The quantitative estimate of drug-likeness (QED) is 0.169. The predicted molar refractivity (Wildman–Crippen MR) is 252 cm³/mol. The highest BCUT2D eigenvalue weighted by Gasteiger charge is 2.20. The van der Waals surface area contributed by atoms with E-state index >= 15 is 0 Å². The van der Waals surface area contributed by atoms with Crippen molar-refractivity contribution in [3.8, 4) is 62.0 Å². The van der Waals surface area contributed by atoms with Crippen molar-refractivity contribution in [2.75, 3.05) is 0 Å². The maximum absolute atomic E-state index is 5.41. The highest BCUT2D eigenvalue weighted by Crippen LogP contribution is 2.45. The number of rotatable bonds is 6. The number of aromatic nitrogens is 4. The molecule has 0 saturated heterocycles. The minimum absolute atomic E-state index is 0.691. The van der Waals surface area contributed by atoms with Crippen LogP contribution in [0.4, 0.5) is 0 Å². The molecule has 12 aromatic rings. The lowest BCUT2D eigenvalue weighted by Crippen LogP contribution is -1.97. The van der Waals surface area contributed by atoms with E-state index in [0.29, 0.717) is 5.82 Å². The molecular weight excluding hydrogens is 749 g/mol. The van der Waals surface area contributed by atoms with Gasteiger partial charge in [0, 0.05) is 59.6 Å². The summed E-state index contributed by atoms with van der Waals surface area (Å²) >= 11 is 1.82. The summed E-state index contributed by atoms with van der Waals surface area (Å²) < 4.78 is 4.79. The van der Waals surface area contributed by atoms with Gasteiger partial charge in [-0.2, -0.15) is 0 Å². The molecule has 0 saturated carbocycles. The molecule has 4 aromatic heterocycles. The summed E-state index contributed by atoms with van der Waals surface area (Å²) in [5.41, 5.74) is 13.7. The molecule has 0 radical (unpaired) electrons. The van der Waals surface area contributed by atoms with Gasteiger partial charge < -0.3 is 4.57 Å². The molecule has 0 aliphatic rings. The highest BCUT2D eigenvalue weighted by molar-refractivity contribution is 7.26. The van der Waals surface area contributed by atoms with Crippen LogP contribution in [0.3, 0.4) is 0 Å². The first-order chi connectivity index (χ1) is 29.7. The lowest BCUT2D eigenvalue weighted by Gasteiger charge is -2.13. The molecule has 0 bridgehead atoms. The second kappa shape index (κ2) is 14.0. The Kier molecular flexibility index (Phi) is 8.00. The van der Waals surface area contributed by atoms with E-state index in [2.05, 4.69) is 193 Å². The van der Waals surface area contributed by atoms with Crippen LogP contribution in [-0.2, 0) is 0 Å². The number of hydrogen-bond donors (Lipinski definition) is 0. The first-order valence-electron chi connectivity index (χ1n) is 20.2. The van der Waals surface area contributed by atoms with Crippen LogP contribution in [0, 0.1) is 0 Å². The molecule has 0 aliphatic heterocycles. The number of pyridine rings is 1. The van der Waals surface area contributed by atoms with Crippen LogP contribution in [0.5, 0.6) is 0 Å². The zero-order valence-electron chi connectivity index (χ0n) is 32.3. The Morgan fingerprint density at radius 3 is 1.60 bits per heavy atom. The van der Waals surface area contributed by atoms with E-state index in [1.54, 1.807) is 0 Å². The van der Waals surface area contributed by atoms with Crippen LogP contribution in [0.15, 0.2) is 206 Å². The molecule has 0 amide bonds. The lowest BCUT2D eigenvalue weighted by molar-refractivity contribution is 1.17. The molecule has 5 heteroatoms. The highest BCUT2D eigenvalue weighted by atomic mass is 32.1. The molecule has 60 heavy (non-hydrogen) atoms. The van der Waals surface area contributed by atoms with Crippen molar-refractivity contribution in [1.82, 2.24) is 19.5 Å². The van der Waals surface area contributed by atoms with Crippen LogP contribution in [0.2, 0.25) is 0 Å². The number of fused-ring (bicyclic) bond motifs is 8. The molecule has 0 spiro atoms. The SMILES string of the molecule is c1ccc(-c2nc(-c3ccc(-c4nc5cccc(-c6ccccc6)c5c5c4sc4ccccc45)cc3)cc(-c3ccc(-n4c5ccccc5c5ccccc54)cc3)n2)cc1. The Hall–Kier alpha value is -7.73. The summed E-state index contributed by atoms with van der Waals surface area (Å²) in [6.45, 7) is 0. The zero-order chi connectivity index (χ0) is 39.6. The van der Waals surface area contributed by atoms with Gasteiger partial charge in [0.2, 0.25) is 0 Å². The molecular formula is C55H34N4S. The summed E-state index contributed by atoms with van der Waals surface area (Å²) in [7, 11) is 0. The molecule has 4 heterocycles. The van der Waals surface area contributed by atoms with E-state index in [-0.39, 0.29) is 0 Å². The van der Waals surface area contributed by atoms with Gasteiger partial charge >= 0.3 is 0 Å². The van der Waals surface area contributed by atoms with Crippen molar-refractivity contribution in [3.05, 3.63) is 206 Å². The molecule has 280 valence electrons. The van der Waals surface area contributed by atoms with Gasteiger partial charge in [0.05, 0.1) is 38.3 Å². The third-order valence-electron chi connectivity index (χ3n) is 11.6. The molecule has 0 fully saturated rings. The number of nitrogens with zero attached hydrogens (tertiary/aromatic N) is 4. The Bertz CT molecular complexity index is 3520. The molecule has 12 rings (SSSR count). The fourth-order valence-corrected chi connectivity index (χ4v) is 10.0. The Balaban J connectivity index is 0.970. The van der Waals surface area contributed by atoms with Crippen molar-refractivity contribution in [2.45, 2.75) is 0 Å². The van der Waals surface area contributed by atoms with Crippen LogP contribution in [-0.4, -0.2) is 19.5 Å². The second-order valence-electron chi connectivity index (χ2n) is 15.2. The topological polar surface area (TPSA) is 43.6 Å². The molecule has 4 nitrogen and oxygen atoms in total. The smallest absolute Gasteiger partial charge is 0.160 e. The molecule has 0 unspecified atom stereocenters. The first-order valence-corrected chi connectivity index (χ1v) is 21.0. The van der Waals surface area contributed by atoms with Gasteiger partial charge in [-0.15, -0.1) is 11.3 Å². The van der Waals surface area contributed by atoms with Crippen molar-refractivity contribution in [1.29, 1.82) is 0 Å². The predicted octanol–water partition coefficient (Wildman–Crippen LogP) is 14.8. The minimum Gasteiger partial charge on any atom is -0.309 e. The van der Waals surface area contributed by atoms with E-state index in [1.807, 2.05) is 29.5 Å². The lowest BCUT2D eigenvalue weighted by atomic mass is 9.95. The molecule has 8 aromatic carbocycles. The Morgan fingerprint density at radius 2 is 0.933 bits per heavy atom. The summed E-state index contributed by atoms with van der Waals surface area (Å²) in [6, 6.07) is 72.9. The van der Waals surface area contributed by atoms with Crippen LogP contribution in [0.25, 0.3) is 115 Å². The third-order valence-corrected chi connectivity index (χ3v) is 12.8. The number of benzene rings is 8. The molecule has 0 atom stereocenters. The maximum atomic E-state index is 5.41. The number of thiophene rings is 1. The second-order valence-corrected chi connectivity index (χ2v) is 16.2. The Labute approximate surface area is 350 Å². The van der Waals surface area contributed by atoms with Crippen molar-refractivity contribution in [3.63, 3.8) is 0 Å². The first kappa shape index (κ1) is 34.3. The van der Waals surface area contributed by atoms with Crippen molar-refractivity contribution >= 4 is 64.2 Å². The van der Waals surface area contributed by atoms with Crippen LogP contribution in [0.1, 0.15) is 0 Å². The van der Waals surface area contributed by atoms with Gasteiger partial charge in [0.1, 0.15) is 0 Å². The summed E-state index contributed by atoms with van der Waals surface area (Å²) in [4.78, 5) is 15.7. The fraction of sp³-hybridized carbons (Fsp3) is 0. The monoisotopic (exact) mass is 782 g/mol.